The Labute approximate surface area is 136 Å². The molecule has 0 spiro atoms. The number of thiazole rings is 1. The topological polar surface area (TPSA) is 56.1 Å². The van der Waals surface area contributed by atoms with Gasteiger partial charge in [0.05, 0.1) is 23.4 Å². The number of carbonyl (C=O) groups is 1. The van der Waals surface area contributed by atoms with Gasteiger partial charge in [0.25, 0.3) is 5.91 Å². The molecule has 5 nitrogen and oxygen atoms in total. The van der Waals surface area contributed by atoms with E-state index < -0.39 is 0 Å². The van der Waals surface area contributed by atoms with Gasteiger partial charge in [0, 0.05) is 30.0 Å². The molecule has 0 aliphatic heterocycles. The fourth-order valence-electron chi connectivity index (χ4n) is 2.03. The van der Waals surface area contributed by atoms with Gasteiger partial charge in [-0.05, 0) is 18.2 Å². The van der Waals surface area contributed by atoms with Crippen molar-refractivity contribution in [2.45, 2.75) is 0 Å². The molecule has 3 rings (SSSR count). The lowest BCUT2D eigenvalue weighted by Gasteiger charge is -2.13. The zero-order valence-electron chi connectivity index (χ0n) is 11.6. The van der Waals surface area contributed by atoms with Gasteiger partial charge in [0.15, 0.2) is 5.13 Å². The van der Waals surface area contributed by atoms with E-state index in [1.165, 1.54) is 18.4 Å². The van der Waals surface area contributed by atoms with E-state index in [4.69, 9.17) is 16.3 Å². The molecule has 0 aliphatic carbocycles. The second kappa shape index (κ2) is 6.21. The number of amides is 1. The van der Waals surface area contributed by atoms with Crippen LogP contribution in [0.5, 0.6) is 5.75 Å². The van der Waals surface area contributed by atoms with E-state index in [0.29, 0.717) is 21.5 Å². The molecular weight excluding hydrogens is 322 g/mol. The Morgan fingerprint density at radius 3 is 2.77 bits per heavy atom. The minimum Gasteiger partial charge on any atom is -0.496 e. The normalized spacial score (nSPS) is 10.5. The maximum absolute atomic E-state index is 12.4. The Morgan fingerprint density at radius 2 is 2.14 bits per heavy atom. The van der Waals surface area contributed by atoms with E-state index in [1.807, 2.05) is 29.1 Å². The first-order valence-corrected chi connectivity index (χ1v) is 7.66. The average molecular weight is 334 g/mol. The number of ether oxygens (including phenoxy) is 1. The van der Waals surface area contributed by atoms with Gasteiger partial charge in [-0.25, -0.2) is 4.98 Å². The molecule has 0 aliphatic rings. The predicted octanol–water partition coefficient (Wildman–Crippen LogP) is 3.85. The molecule has 1 aromatic carbocycles. The van der Waals surface area contributed by atoms with E-state index in [0.717, 1.165) is 5.69 Å². The molecule has 0 radical (unpaired) electrons. The Morgan fingerprint density at radius 1 is 1.36 bits per heavy atom. The first-order chi connectivity index (χ1) is 10.7. The number of aromatic nitrogens is 2. The van der Waals surface area contributed by atoms with Gasteiger partial charge in [-0.2, -0.15) is 0 Å². The molecule has 2 aromatic heterocycles. The third kappa shape index (κ3) is 2.84. The summed E-state index contributed by atoms with van der Waals surface area (Å²) in [6, 6.07) is 7.12. The zero-order chi connectivity index (χ0) is 15.5. The third-order valence-electron chi connectivity index (χ3n) is 3.05. The van der Waals surface area contributed by atoms with Crippen LogP contribution in [0.2, 0.25) is 5.02 Å². The van der Waals surface area contributed by atoms with Crippen LogP contribution in [0.15, 0.2) is 48.2 Å². The Hall–Kier alpha value is -2.31. The average Bonchev–Trinajstić information content (AvgIpc) is 3.20. The molecule has 0 bridgehead atoms. The monoisotopic (exact) mass is 333 g/mol. The van der Waals surface area contributed by atoms with E-state index in [9.17, 15) is 4.79 Å². The standard InChI is InChI=1S/C15H12ClN3O2S/c1-21-13-9-12(19-5-2-3-6-19)11(16)8-10(13)14(20)18-15-17-4-7-22-15/h2-9H,1H3,(H,17,18,20). The van der Waals surface area contributed by atoms with Crippen molar-refractivity contribution in [2.24, 2.45) is 0 Å². The maximum Gasteiger partial charge on any atom is 0.261 e. The lowest BCUT2D eigenvalue weighted by Crippen LogP contribution is -2.13. The molecular formula is C15H12ClN3O2S. The number of methoxy groups -OCH3 is 1. The van der Waals surface area contributed by atoms with Crippen LogP contribution in [0.1, 0.15) is 10.4 Å². The lowest BCUT2D eigenvalue weighted by atomic mass is 10.1. The third-order valence-corrected chi connectivity index (χ3v) is 4.04. The number of hydrogen-bond donors (Lipinski definition) is 1. The van der Waals surface area contributed by atoms with Gasteiger partial charge < -0.3 is 9.30 Å². The van der Waals surface area contributed by atoms with Crippen molar-refractivity contribution in [1.29, 1.82) is 0 Å². The van der Waals surface area contributed by atoms with Gasteiger partial charge in [-0.15, -0.1) is 11.3 Å². The molecule has 0 saturated heterocycles. The molecule has 0 fully saturated rings. The summed E-state index contributed by atoms with van der Waals surface area (Å²) in [5.41, 5.74) is 1.10. The number of hydrogen-bond acceptors (Lipinski definition) is 4. The van der Waals surface area contributed by atoms with Crippen LogP contribution >= 0.6 is 22.9 Å². The second-order valence-electron chi connectivity index (χ2n) is 4.39. The Kier molecular flexibility index (Phi) is 4.13. The first kappa shape index (κ1) is 14.6. The molecule has 3 aromatic rings. The highest BCUT2D eigenvalue weighted by Gasteiger charge is 2.17. The second-order valence-corrected chi connectivity index (χ2v) is 5.69. The summed E-state index contributed by atoms with van der Waals surface area (Å²) in [5, 5.41) is 5.49. The Balaban J connectivity index is 1.98. The smallest absolute Gasteiger partial charge is 0.261 e. The predicted molar refractivity (Wildman–Crippen MR) is 87.4 cm³/mol. The van der Waals surface area contributed by atoms with E-state index in [2.05, 4.69) is 10.3 Å². The quantitative estimate of drug-likeness (QED) is 0.789. The van der Waals surface area contributed by atoms with Gasteiger partial charge in [0.1, 0.15) is 5.75 Å². The molecule has 0 unspecified atom stereocenters. The summed E-state index contributed by atoms with van der Waals surface area (Å²) in [5.74, 6) is 0.134. The summed E-state index contributed by atoms with van der Waals surface area (Å²) >= 11 is 7.65. The fourth-order valence-corrected chi connectivity index (χ4v) is 2.82. The molecule has 22 heavy (non-hydrogen) atoms. The number of anilines is 1. The van der Waals surface area contributed by atoms with Crippen molar-refractivity contribution in [1.82, 2.24) is 9.55 Å². The summed E-state index contributed by atoms with van der Waals surface area (Å²) in [7, 11) is 1.52. The molecule has 1 amide bonds. The van der Waals surface area contributed by atoms with Crippen LogP contribution in [0.25, 0.3) is 5.69 Å². The van der Waals surface area contributed by atoms with Gasteiger partial charge in [0.2, 0.25) is 0 Å². The van der Waals surface area contributed by atoms with E-state index >= 15 is 0 Å². The number of benzene rings is 1. The largest absolute Gasteiger partial charge is 0.496 e. The lowest BCUT2D eigenvalue weighted by molar-refractivity contribution is 0.102. The number of nitrogens with zero attached hydrogens (tertiary/aromatic N) is 2. The van der Waals surface area contributed by atoms with Crippen molar-refractivity contribution in [3.63, 3.8) is 0 Å². The summed E-state index contributed by atoms with van der Waals surface area (Å²) in [6.07, 6.45) is 5.37. The molecule has 112 valence electrons. The number of nitrogens with one attached hydrogen (secondary N) is 1. The van der Waals surface area contributed by atoms with Crippen molar-refractivity contribution < 1.29 is 9.53 Å². The van der Waals surface area contributed by atoms with Crippen LogP contribution in [0, 0.1) is 0 Å². The highest BCUT2D eigenvalue weighted by Crippen LogP contribution is 2.30. The SMILES string of the molecule is COc1cc(-n2cccc2)c(Cl)cc1C(=O)Nc1nccs1. The van der Waals surface area contributed by atoms with Crippen molar-refractivity contribution in [3.05, 3.63) is 58.8 Å². The van der Waals surface area contributed by atoms with Crippen molar-refractivity contribution >= 4 is 34.0 Å². The van der Waals surface area contributed by atoms with Crippen molar-refractivity contribution in [2.75, 3.05) is 12.4 Å². The first-order valence-electron chi connectivity index (χ1n) is 6.41. The number of rotatable bonds is 4. The van der Waals surface area contributed by atoms with Crippen LogP contribution in [-0.4, -0.2) is 22.6 Å². The minimum atomic E-state index is -0.312. The number of carbonyl (C=O) groups excluding carboxylic acids is 1. The zero-order valence-corrected chi connectivity index (χ0v) is 13.2. The number of halogens is 1. The molecule has 1 N–H and O–H groups in total. The van der Waals surface area contributed by atoms with E-state index in [-0.39, 0.29) is 5.91 Å². The molecule has 2 heterocycles. The minimum absolute atomic E-state index is 0.312. The van der Waals surface area contributed by atoms with Crippen LogP contribution in [-0.2, 0) is 0 Å². The van der Waals surface area contributed by atoms with Crippen LogP contribution in [0.4, 0.5) is 5.13 Å². The highest BCUT2D eigenvalue weighted by molar-refractivity contribution is 7.13. The molecule has 0 atom stereocenters. The van der Waals surface area contributed by atoms with Gasteiger partial charge in [-0.3, -0.25) is 10.1 Å². The van der Waals surface area contributed by atoms with Crippen LogP contribution in [0.3, 0.4) is 0 Å². The summed E-state index contributed by atoms with van der Waals surface area (Å²) in [6.45, 7) is 0. The van der Waals surface area contributed by atoms with Gasteiger partial charge in [-0.1, -0.05) is 11.6 Å². The van der Waals surface area contributed by atoms with E-state index in [1.54, 1.807) is 23.7 Å². The maximum atomic E-state index is 12.4. The van der Waals surface area contributed by atoms with Crippen molar-refractivity contribution in [3.8, 4) is 11.4 Å². The van der Waals surface area contributed by atoms with Gasteiger partial charge >= 0.3 is 0 Å². The van der Waals surface area contributed by atoms with Crippen LogP contribution < -0.4 is 10.1 Å². The fraction of sp³-hybridized carbons (Fsp3) is 0.0667. The molecule has 0 saturated carbocycles. The summed E-state index contributed by atoms with van der Waals surface area (Å²) < 4.78 is 7.18. The molecule has 7 heteroatoms. The highest BCUT2D eigenvalue weighted by atomic mass is 35.5. The Bertz CT molecular complexity index is 785. The summed E-state index contributed by atoms with van der Waals surface area (Å²) in [4.78, 5) is 16.4.